The number of nitrogens with one attached hydrogen (secondary N) is 3. The first-order valence-electron chi connectivity index (χ1n) is 7.72. The summed E-state index contributed by atoms with van der Waals surface area (Å²) >= 11 is 0. The van der Waals surface area contributed by atoms with E-state index in [2.05, 4.69) is 29.5 Å². The molecule has 0 saturated carbocycles. The lowest BCUT2D eigenvalue weighted by Crippen LogP contribution is -2.41. The predicted octanol–water partition coefficient (Wildman–Crippen LogP) is -0.737. The zero-order valence-corrected chi connectivity index (χ0v) is 13.7. The molecule has 0 fully saturated rings. The molecule has 0 aromatic heterocycles. The molecule has 0 bridgehead atoms. The molecule has 0 aromatic rings. The lowest BCUT2D eigenvalue weighted by atomic mass is 10.1. The fourth-order valence-electron chi connectivity index (χ4n) is 1.80. The fraction of sp³-hybridized carbons (Fsp3) is 0.733. The predicted molar refractivity (Wildman–Crippen MR) is 87.2 cm³/mol. The number of amides is 2. The summed E-state index contributed by atoms with van der Waals surface area (Å²) in [5.74, 6) is -0.444. The molecule has 0 saturated heterocycles. The maximum Gasteiger partial charge on any atom is 0.246 e. The molecule has 22 heavy (non-hydrogen) atoms. The summed E-state index contributed by atoms with van der Waals surface area (Å²) in [4.78, 5) is 22.9. The van der Waals surface area contributed by atoms with Gasteiger partial charge >= 0.3 is 0 Å². The van der Waals surface area contributed by atoms with E-state index in [1.54, 1.807) is 6.92 Å². The van der Waals surface area contributed by atoms with Gasteiger partial charge in [-0.2, -0.15) is 0 Å². The molecule has 0 aliphatic rings. The van der Waals surface area contributed by atoms with E-state index in [0.717, 1.165) is 12.8 Å². The smallest absolute Gasteiger partial charge is 0.246 e. The Hall–Kier alpha value is -1.44. The average Bonchev–Trinajstić information content (AvgIpc) is 2.49. The molecule has 2 atom stereocenters. The molecular weight excluding hydrogens is 284 g/mol. The SMILES string of the molecule is C=C(C)C(=O)NCC(O)CNC(=O)CCNC(CC)CCN. The number of nitrogens with two attached hydrogens (primary N) is 1. The fourth-order valence-corrected chi connectivity index (χ4v) is 1.80. The lowest BCUT2D eigenvalue weighted by molar-refractivity contribution is -0.121. The van der Waals surface area contributed by atoms with E-state index >= 15 is 0 Å². The maximum absolute atomic E-state index is 11.6. The molecular formula is C15H30N4O3. The highest BCUT2D eigenvalue weighted by Crippen LogP contribution is 1.95. The molecule has 0 radical (unpaired) electrons. The van der Waals surface area contributed by atoms with Crippen LogP contribution < -0.4 is 21.7 Å². The maximum atomic E-state index is 11.6. The molecule has 2 unspecified atom stereocenters. The second-order valence-corrected chi connectivity index (χ2v) is 5.33. The third kappa shape index (κ3) is 10.3. The second kappa shape index (κ2) is 12.1. The quantitative estimate of drug-likeness (QED) is 0.304. The highest BCUT2D eigenvalue weighted by Gasteiger charge is 2.10. The van der Waals surface area contributed by atoms with Crippen molar-refractivity contribution in [1.29, 1.82) is 0 Å². The summed E-state index contributed by atoms with van der Waals surface area (Å²) in [6.45, 7) is 8.55. The highest BCUT2D eigenvalue weighted by atomic mass is 16.3. The Labute approximate surface area is 132 Å². The Morgan fingerprint density at radius 3 is 2.45 bits per heavy atom. The van der Waals surface area contributed by atoms with Crippen LogP contribution in [0.2, 0.25) is 0 Å². The number of hydrogen-bond acceptors (Lipinski definition) is 5. The van der Waals surface area contributed by atoms with Gasteiger partial charge in [-0.1, -0.05) is 13.5 Å². The summed E-state index contributed by atoms with van der Waals surface area (Å²) in [7, 11) is 0. The topological polar surface area (TPSA) is 116 Å². The van der Waals surface area contributed by atoms with Crippen molar-refractivity contribution in [1.82, 2.24) is 16.0 Å². The normalized spacial score (nSPS) is 13.3. The number of hydrogen-bond donors (Lipinski definition) is 5. The van der Waals surface area contributed by atoms with Gasteiger partial charge in [0, 0.05) is 37.7 Å². The Bertz CT molecular complexity index is 361. The van der Waals surface area contributed by atoms with Crippen LogP contribution in [0.1, 0.15) is 33.1 Å². The third-order valence-electron chi connectivity index (χ3n) is 3.21. The van der Waals surface area contributed by atoms with E-state index in [1.165, 1.54) is 0 Å². The van der Waals surface area contributed by atoms with Gasteiger partial charge in [0.15, 0.2) is 0 Å². The first-order chi connectivity index (χ1) is 10.4. The molecule has 7 nitrogen and oxygen atoms in total. The van der Waals surface area contributed by atoms with Crippen LogP contribution in [-0.2, 0) is 9.59 Å². The Kier molecular flexibility index (Phi) is 11.3. The number of aliphatic hydroxyl groups is 1. The van der Waals surface area contributed by atoms with Crippen LogP contribution in [0.4, 0.5) is 0 Å². The van der Waals surface area contributed by atoms with Gasteiger partial charge in [-0.15, -0.1) is 0 Å². The monoisotopic (exact) mass is 314 g/mol. The van der Waals surface area contributed by atoms with Crippen LogP contribution in [0.25, 0.3) is 0 Å². The Morgan fingerprint density at radius 2 is 1.91 bits per heavy atom. The number of carbonyl (C=O) groups is 2. The van der Waals surface area contributed by atoms with E-state index in [4.69, 9.17) is 5.73 Å². The first-order valence-corrected chi connectivity index (χ1v) is 7.72. The van der Waals surface area contributed by atoms with Crippen LogP contribution in [0, 0.1) is 0 Å². The summed E-state index contributed by atoms with van der Waals surface area (Å²) < 4.78 is 0. The minimum absolute atomic E-state index is 0.0820. The largest absolute Gasteiger partial charge is 0.389 e. The van der Waals surface area contributed by atoms with Crippen molar-refractivity contribution in [3.05, 3.63) is 12.2 Å². The summed E-state index contributed by atoms with van der Waals surface area (Å²) in [6.07, 6.45) is 1.38. The lowest BCUT2D eigenvalue weighted by Gasteiger charge is -2.16. The van der Waals surface area contributed by atoms with Gasteiger partial charge in [0.25, 0.3) is 0 Å². The Morgan fingerprint density at radius 1 is 1.27 bits per heavy atom. The van der Waals surface area contributed by atoms with E-state index < -0.39 is 6.10 Å². The molecule has 0 aromatic carbocycles. The molecule has 0 aliphatic heterocycles. The van der Waals surface area contributed by atoms with Gasteiger partial charge < -0.3 is 26.8 Å². The van der Waals surface area contributed by atoms with Crippen LogP contribution in [-0.4, -0.2) is 55.2 Å². The van der Waals surface area contributed by atoms with Crippen molar-refractivity contribution in [3.63, 3.8) is 0 Å². The minimum Gasteiger partial charge on any atom is -0.389 e. The third-order valence-corrected chi connectivity index (χ3v) is 3.21. The van der Waals surface area contributed by atoms with Crippen molar-refractivity contribution in [3.8, 4) is 0 Å². The summed E-state index contributed by atoms with van der Waals surface area (Å²) in [5.41, 5.74) is 5.88. The zero-order valence-electron chi connectivity index (χ0n) is 13.7. The van der Waals surface area contributed by atoms with Crippen molar-refractivity contribution < 1.29 is 14.7 Å². The van der Waals surface area contributed by atoms with Gasteiger partial charge in [0.05, 0.1) is 6.10 Å². The van der Waals surface area contributed by atoms with Crippen molar-refractivity contribution in [2.24, 2.45) is 5.73 Å². The van der Waals surface area contributed by atoms with Gasteiger partial charge in [-0.25, -0.2) is 0 Å². The van der Waals surface area contributed by atoms with Crippen molar-refractivity contribution >= 4 is 11.8 Å². The van der Waals surface area contributed by atoms with Gasteiger partial charge in [0.2, 0.25) is 11.8 Å². The van der Waals surface area contributed by atoms with Crippen LogP contribution in [0.5, 0.6) is 0 Å². The van der Waals surface area contributed by atoms with Gasteiger partial charge in [-0.05, 0) is 26.3 Å². The minimum atomic E-state index is -0.819. The second-order valence-electron chi connectivity index (χ2n) is 5.33. The number of aliphatic hydroxyl groups excluding tert-OH is 1. The number of rotatable bonds is 12. The molecule has 0 spiro atoms. The number of carbonyl (C=O) groups excluding carboxylic acids is 2. The zero-order chi connectivity index (χ0) is 17.0. The van der Waals surface area contributed by atoms with E-state index in [0.29, 0.717) is 31.1 Å². The molecule has 128 valence electrons. The van der Waals surface area contributed by atoms with Gasteiger partial charge in [-0.3, -0.25) is 9.59 Å². The van der Waals surface area contributed by atoms with Crippen LogP contribution in [0.15, 0.2) is 12.2 Å². The summed E-state index contributed by atoms with van der Waals surface area (Å²) in [6, 6.07) is 0.334. The van der Waals surface area contributed by atoms with Crippen LogP contribution in [0.3, 0.4) is 0 Å². The molecule has 6 N–H and O–H groups in total. The van der Waals surface area contributed by atoms with Crippen LogP contribution >= 0.6 is 0 Å². The van der Waals surface area contributed by atoms with E-state index in [1.807, 2.05) is 0 Å². The standard InChI is InChI=1S/C15H30N4O3/c1-4-12(5-7-16)17-8-6-14(21)18-9-13(20)10-19-15(22)11(2)3/h12-13,17,20H,2,4-10,16H2,1,3H3,(H,18,21)(H,19,22). The molecule has 0 aliphatic carbocycles. The molecule has 2 amide bonds. The van der Waals surface area contributed by atoms with E-state index in [-0.39, 0.29) is 24.9 Å². The summed E-state index contributed by atoms with van der Waals surface area (Å²) in [5, 5.41) is 18.1. The van der Waals surface area contributed by atoms with E-state index in [9.17, 15) is 14.7 Å². The molecule has 0 heterocycles. The Balaban J connectivity index is 3.75. The first kappa shape index (κ1) is 20.6. The van der Waals surface area contributed by atoms with Gasteiger partial charge in [0.1, 0.15) is 0 Å². The average molecular weight is 314 g/mol. The molecule has 7 heteroatoms. The molecule has 0 rings (SSSR count). The van der Waals surface area contributed by atoms with Crippen molar-refractivity contribution in [2.75, 3.05) is 26.2 Å². The highest BCUT2D eigenvalue weighted by molar-refractivity contribution is 5.92. The van der Waals surface area contributed by atoms with Crippen molar-refractivity contribution in [2.45, 2.75) is 45.3 Å².